The molecular formula is C14H19FN2OS. The Labute approximate surface area is 117 Å². The van der Waals surface area contributed by atoms with Crippen LogP contribution in [0.1, 0.15) is 12.8 Å². The molecule has 1 saturated heterocycles. The van der Waals surface area contributed by atoms with Gasteiger partial charge in [0.15, 0.2) is 0 Å². The number of rotatable bonds is 6. The average Bonchev–Trinajstić information content (AvgIpc) is 2.30. The van der Waals surface area contributed by atoms with Crippen molar-refractivity contribution >= 4 is 29.4 Å². The molecule has 0 amide bonds. The molecule has 104 valence electrons. The normalized spacial score (nSPS) is 14.2. The first-order chi connectivity index (χ1) is 9.13. The smallest absolute Gasteiger partial charge is 0.148 e. The Morgan fingerprint density at radius 2 is 2.16 bits per heavy atom. The van der Waals surface area contributed by atoms with Crippen LogP contribution in [-0.4, -0.2) is 39.2 Å². The van der Waals surface area contributed by atoms with Crippen LogP contribution < -0.4 is 9.80 Å². The van der Waals surface area contributed by atoms with Gasteiger partial charge >= 0.3 is 0 Å². The minimum atomic E-state index is -0.164. The number of hydrogen-bond donors (Lipinski definition) is 0. The standard InChI is InChI=1S/C14H19FN2OS/c1-16(2)13-9-11(15)12(17-5-3-6-17)10-14(13)19-8-4-7-18/h7,9-10H,3-6,8H2,1-2H3. The van der Waals surface area contributed by atoms with Crippen LogP contribution in [0.2, 0.25) is 0 Å². The molecule has 0 radical (unpaired) electrons. The fourth-order valence-electron chi connectivity index (χ4n) is 2.01. The molecule has 19 heavy (non-hydrogen) atoms. The molecule has 5 heteroatoms. The fraction of sp³-hybridized carbons (Fsp3) is 0.500. The highest BCUT2D eigenvalue weighted by Gasteiger charge is 2.20. The summed E-state index contributed by atoms with van der Waals surface area (Å²) in [7, 11) is 3.81. The van der Waals surface area contributed by atoms with Crippen LogP contribution in [0, 0.1) is 5.82 Å². The van der Waals surface area contributed by atoms with E-state index in [2.05, 4.69) is 4.90 Å². The summed E-state index contributed by atoms with van der Waals surface area (Å²) in [5.74, 6) is 0.568. The molecule has 1 aliphatic heterocycles. The second-order valence-electron chi connectivity index (χ2n) is 4.81. The van der Waals surface area contributed by atoms with Crippen LogP contribution in [0.5, 0.6) is 0 Å². The molecule has 3 nitrogen and oxygen atoms in total. The first-order valence-electron chi connectivity index (χ1n) is 6.45. The maximum absolute atomic E-state index is 14.1. The maximum Gasteiger partial charge on any atom is 0.148 e. The maximum atomic E-state index is 14.1. The molecule has 0 spiro atoms. The van der Waals surface area contributed by atoms with Gasteiger partial charge in [-0.05, 0) is 12.5 Å². The van der Waals surface area contributed by atoms with Crippen molar-refractivity contribution in [3.05, 3.63) is 17.9 Å². The average molecular weight is 282 g/mol. The summed E-state index contributed by atoms with van der Waals surface area (Å²) in [5.41, 5.74) is 1.56. The van der Waals surface area contributed by atoms with Crippen LogP contribution >= 0.6 is 11.8 Å². The van der Waals surface area contributed by atoms with Crippen molar-refractivity contribution in [1.29, 1.82) is 0 Å². The molecule has 1 aromatic rings. The summed E-state index contributed by atoms with van der Waals surface area (Å²) >= 11 is 1.61. The van der Waals surface area contributed by atoms with Gasteiger partial charge in [0.25, 0.3) is 0 Å². The Balaban J connectivity index is 2.27. The van der Waals surface area contributed by atoms with E-state index < -0.39 is 0 Å². The van der Waals surface area contributed by atoms with Crippen molar-refractivity contribution in [2.45, 2.75) is 17.7 Å². The molecular weight excluding hydrogens is 263 g/mol. The van der Waals surface area contributed by atoms with Gasteiger partial charge < -0.3 is 14.6 Å². The summed E-state index contributed by atoms with van der Waals surface area (Å²) in [6.07, 6.45) is 2.57. The molecule has 0 aromatic heterocycles. The largest absolute Gasteiger partial charge is 0.377 e. The Morgan fingerprint density at radius 1 is 1.42 bits per heavy atom. The van der Waals surface area contributed by atoms with E-state index in [1.165, 1.54) is 0 Å². The van der Waals surface area contributed by atoms with E-state index in [0.29, 0.717) is 12.1 Å². The zero-order chi connectivity index (χ0) is 13.8. The van der Waals surface area contributed by atoms with Gasteiger partial charge in [0.05, 0.1) is 11.4 Å². The quantitative estimate of drug-likeness (QED) is 0.455. The first-order valence-corrected chi connectivity index (χ1v) is 7.44. The van der Waals surface area contributed by atoms with Gasteiger partial charge in [-0.25, -0.2) is 4.39 Å². The Bertz CT molecular complexity index is 461. The first kappa shape index (κ1) is 14.2. The number of thioether (sulfide) groups is 1. The van der Waals surface area contributed by atoms with Gasteiger partial charge in [-0.3, -0.25) is 0 Å². The van der Waals surface area contributed by atoms with Crippen molar-refractivity contribution in [2.75, 3.05) is 42.7 Å². The monoisotopic (exact) mass is 282 g/mol. The Morgan fingerprint density at radius 3 is 2.68 bits per heavy atom. The highest BCUT2D eigenvalue weighted by molar-refractivity contribution is 7.99. The minimum Gasteiger partial charge on any atom is -0.377 e. The number of anilines is 2. The zero-order valence-corrected chi connectivity index (χ0v) is 12.2. The van der Waals surface area contributed by atoms with E-state index in [0.717, 1.165) is 42.1 Å². The predicted octanol–water partition coefficient (Wildman–Crippen LogP) is 2.78. The SMILES string of the molecule is CN(C)c1cc(F)c(N2CCC2)cc1SCCC=O. The summed E-state index contributed by atoms with van der Waals surface area (Å²) in [6.45, 7) is 1.85. The van der Waals surface area contributed by atoms with E-state index in [1.54, 1.807) is 17.8 Å². The molecule has 0 unspecified atom stereocenters. The highest BCUT2D eigenvalue weighted by Crippen LogP contribution is 2.36. The molecule has 0 bridgehead atoms. The number of benzene rings is 1. The third-order valence-electron chi connectivity index (χ3n) is 3.20. The van der Waals surface area contributed by atoms with Crippen molar-refractivity contribution < 1.29 is 9.18 Å². The van der Waals surface area contributed by atoms with E-state index in [4.69, 9.17) is 0 Å². The van der Waals surface area contributed by atoms with Gasteiger partial charge in [0.1, 0.15) is 12.1 Å². The third kappa shape index (κ3) is 3.21. The van der Waals surface area contributed by atoms with Crippen LogP contribution in [0.4, 0.5) is 15.8 Å². The van der Waals surface area contributed by atoms with E-state index in [-0.39, 0.29) is 5.82 Å². The number of carbonyl (C=O) groups is 1. The van der Waals surface area contributed by atoms with Crippen LogP contribution in [0.25, 0.3) is 0 Å². The zero-order valence-electron chi connectivity index (χ0n) is 11.4. The second kappa shape index (κ2) is 6.28. The number of nitrogens with zero attached hydrogens (tertiary/aromatic N) is 2. The van der Waals surface area contributed by atoms with Crippen molar-refractivity contribution in [2.24, 2.45) is 0 Å². The van der Waals surface area contributed by atoms with E-state index in [1.807, 2.05) is 25.1 Å². The van der Waals surface area contributed by atoms with Crippen LogP contribution in [0.3, 0.4) is 0 Å². The van der Waals surface area contributed by atoms with E-state index >= 15 is 0 Å². The lowest BCUT2D eigenvalue weighted by Gasteiger charge is -2.34. The molecule has 0 saturated carbocycles. The predicted molar refractivity (Wildman–Crippen MR) is 79.0 cm³/mol. The highest BCUT2D eigenvalue weighted by atomic mass is 32.2. The van der Waals surface area contributed by atoms with Crippen molar-refractivity contribution in [3.63, 3.8) is 0 Å². The molecule has 1 heterocycles. The molecule has 1 aromatic carbocycles. The van der Waals surface area contributed by atoms with Crippen molar-refractivity contribution in [3.8, 4) is 0 Å². The number of halogens is 1. The van der Waals surface area contributed by atoms with Crippen LogP contribution in [-0.2, 0) is 4.79 Å². The molecule has 2 rings (SSSR count). The van der Waals surface area contributed by atoms with Gasteiger partial charge in [-0.15, -0.1) is 11.8 Å². The third-order valence-corrected chi connectivity index (χ3v) is 4.28. The van der Waals surface area contributed by atoms with Crippen molar-refractivity contribution in [1.82, 2.24) is 0 Å². The number of hydrogen-bond acceptors (Lipinski definition) is 4. The van der Waals surface area contributed by atoms with E-state index in [9.17, 15) is 9.18 Å². The summed E-state index contributed by atoms with van der Waals surface area (Å²) in [4.78, 5) is 15.4. The van der Waals surface area contributed by atoms with Gasteiger partial charge in [-0.2, -0.15) is 0 Å². The summed E-state index contributed by atoms with van der Waals surface area (Å²) in [6, 6.07) is 3.51. The lowest BCUT2D eigenvalue weighted by atomic mass is 10.1. The lowest BCUT2D eigenvalue weighted by molar-refractivity contribution is -0.107. The van der Waals surface area contributed by atoms with Crippen LogP contribution in [0.15, 0.2) is 17.0 Å². The van der Waals surface area contributed by atoms with Gasteiger partial charge in [-0.1, -0.05) is 0 Å². The van der Waals surface area contributed by atoms with Gasteiger partial charge in [0.2, 0.25) is 0 Å². The topological polar surface area (TPSA) is 23.6 Å². The molecule has 1 aliphatic rings. The summed E-state index contributed by atoms with van der Waals surface area (Å²) < 4.78 is 14.1. The fourth-order valence-corrected chi connectivity index (χ4v) is 3.03. The Kier molecular flexibility index (Phi) is 4.69. The summed E-state index contributed by atoms with van der Waals surface area (Å²) in [5, 5.41) is 0. The molecule has 0 atom stereocenters. The number of aldehydes is 1. The molecule has 0 aliphatic carbocycles. The molecule has 0 N–H and O–H groups in total. The van der Waals surface area contributed by atoms with Gasteiger partial charge in [0, 0.05) is 50.3 Å². The Hall–Kier alpha value is -1.23. The number of carbonyl (C=O) groups excluding carboxylic acids is 1. The second-order valence-corrected chi connectivity index (χ2v) is 5.95. The molecule has 1 fully saturated rings. The minimum absolute atomic E-state index is 0.164. The lowest BCUT2D eigenvalue weighted by Crippen LogP contribution is -2.37.